The topological polar surface area (TPSA) is 9.23 Å². The Kier molecular flexibility index (Phi) is 7.79. The summed E-state index contributed by atoms with van der Waals surface area (Å²) >= 11 is 1.95. The van der Waals surface area contributed by atoms with Gasteiger partial charge in [-0.05, 0) is 56.4 Å². The van der Waals surface area contributed by atoms with Crippen molar-refractivity contribution >= 4 is 31.5 Å². The van der Waals surface area contributed by atoms with E-state index in [-0.39, 0.29) is 0 Å². The highest BCUT2D eigenvalue weighted by molar-refractivity contribution is 7.26. The SMILES string of the molecule is CCCCCCOc1ccc2c(sc3c(C)c(CCCCCC)ccc32)c1C. The predicted molar refractivity (Wildman–Crippen MR) is 126 cm³/mol. The molecule has 1 heterocycles. The number of benzene rings is 2. The Balaban J connectivity index is 1.82. The van der Waals surface area contributed by atoms with Crippen LogP contribution in [0.3, 0.4) is 0 Å². The number of aryl methyl sites for hydroxylation is 3. The van der Waals surface area contributed by atoms with Crippen LogP contribution >= 0.6 is 11.3 Å². The second-order valence-electron chi connectivity index (χ2n) is 8.11. The first kappa shape index (κ1) is 21.2. The third-order valence-electron chi connectivity index (χ3n) is 5.92. The van der Waals surface area contributed by atoms with Crippen LogP contribution in [-0.4, -0.2) is 6.61 Å². The third kappa shape index (κ3) is 4.71. The van der Waals surface area contributed by atoms with Gasteiger partial charge in [-0.15, -0.1) is 11.3 Å². The van der Waals surface area contributed by atoms with Gasteiger partial charge in [0.05, 0.1) is 6.61 Å². The molecule has 0 unspecified atom stereocenters. The van der Waals surface area contributed by atoms with E-state index in [4.69, 9.17) is 4.74 Å². The van der Waals surface area contributed by atoms with E-state index in [1.54, 1.807) is 0 Å². The third-order valence-corrected chi connectivity index (χ3v) is 7.38. The zero-order valence-corrected chi connectivity index (χ0v) is 19.0. The fourth-order valence-electron chi connectivity index (χ4n) is 4.08. The minimum atomic E-state index is 0.832. The van der Waals surface area contributed by atoms with E-state index in [2.05, 4.69) is 52.0 Å². The molecule has 1 aromatic heterocycles. The first-order valence-electron chi connectivity index (χ1n) is 11.2. The number of unbranched alkanes of at least 4 members (excludes halogenated alkanes) is 6. The molecule has 0 N–H and O–H groups in total. The summed E-state index contributed by atoms with van der Waals surface area (Å²) in [6.45, 7) is 9.89. The van der Waals surface area contributed by atoms with E-state index in [1.807, 2.05) is 11.3 Å². The Bertz CT molecular complexity index is 906. The summed E-state index contributed by atoms with van der Waals surface area (Å²) < 4.78 is 8.98. The maximum Gasteiger partial charge on any atom is 0.123 e. The molecule has 28 heavy (non-hydrogen) atoms. The normalized spacial score (nSPS) is 11.6. The molecule has 2 heteroatoms. The van der Waals surface area contributed by atoms with Crippen LogP contribution in [0, 0.1) is 13.8 Å². The highest BCUT2D eigenvalue weighted by Crippen LogP contribution is 2.41. The molecule has 2 aromatic carbocycles. The Morgan fingerprint density at radius 3 is 2.07 bits per heavy atom. The molecule has 0 saturated carbocycles. The molecule has 0 fully saturated rings. The highest BCUT2D eigenvalue weighted by Gasteiger charge is 2.14. The van der Waals surface area contributed by atoms with Crippen molar-refractivity contribution in [1.82, 2.24) is 0 Å². The molecule has 3 rings (SSSR count). The van der Waals surface area contributed by atoms with Gasteiger partial charge >= 0.3 is 0 Å². The van der Waals surface area contributed by atoms with E-state index in [0.717, 1.165) is 18.8 Å². The van der Waals surface area contributed by atoms with Gasteiger partial charge in [-0.2, -0.15) is 0 Å². The number of hydrogen-bond donors (Lipinski definition) is 0. The largest absolute Gasteiger partial charge is 0.493 e. The summed E-state index contributed by atoms with van der Waals surface area (Å²) in [4.78, 5) is 0. The van der Waals surface area contributed by atoms with Gasteiger partial charge in [-0.3, -0.25) is 0 Å². The van der Waals surface area contributed by atoms with Crippen molar-refractivity contribution in [2.24, 2.45) is 0 Å². The second-order valence-corrected chi connectivity index (χ2v) is 9.13. The van der Waals surface area contributed by atoms with Crippen LogP contribution in [0.15, 0.2) is 24.3 Å². The Morgan fingerprint density at radius 1 is 0.714 bits per heavy atom. The average Bonchev–Trinajstić information content (AvgIpc) is 3.08. The quantitative estimate of drug-likeness (QED) is 0.294. The van der Waals surface area contributed by atoms with Crippen molar-refractivity contribution in [3.63, 3.8) is 0 Å². The van der Waals surface area contributed by atoms with Gasteiger partial charge in [-0.25, -0.2) is 0 Å². The summed E-state index contributed by atoms with van der Waals surface area (Å²) in [5.74, 6) is 1.06. The van der Waals surface area contributed by atoms with Gasteiger partial charge < -0.3 is 4.74 Å². The van der Waals surface area contributed by atoms with Crippen molar-refractivity contribution in [1.29, 1.82) is 0 Å². The number of fused-ring (bicyclic) bond motifs is 3. The van der Waals surface area contributed by atoms with Gasteiger partial charge in [0, 0.05) is 25.7 Å². The number of hydrogen-bond acceptors (Lipinski definition) is 2. The van der Waals surface area contributed by atoms with Gasteiger partial charge in [-0.1, -0.05) is 64.5 Å². The molecular formula is C26H36OS. The van der Waals surface area contributed by atoms with Gasteiger partial charge in [0.2, 0.25) is 0 Å². The van der Waals surface area contributed by atoms with Crippen LogP contribution in [0.25, 0.3) is 20.2 Å². The smallest absolute Gasteiger partial charge is 0.123 e. The van der Waals surface area contributed by atoms with Gasteiger partial charge in [0.25, 0.3) is 0 Å². The van der Waals surface area contributed by atoms with Crippen LogP contribution in [0.5, 0.6) is 5.75 Å². The maximum absolute atomic E-state index is 6.12. The van der Waals surface area contributed by atoms with E-state index in [9.17, 15) is 0 Å². The molecule has 0 saturated heterocycles. The standard InChI is InChI=1S/C26H36OS/c1-5-7-9-11-13-21-14-15-22-23-16-17-24(27-18-12-10-8-6-2)20(4)26(23)28-25(22)19(21)3/h14-17H,5-13,18H2,1-4H3. The summed E-state index contributed by atoms with van der Waals surface area (Å²) in [7, 11) is 0. The van der Waals surface area contributed by atoms with E-state index in [0.29, 0.717) is 0 Å². The molecule has 0 atom stereocenters. The first-order chi connectivity index (χ1) is 13.7. The molecule has 3 aromatic rings. The summed E-state index contributed by atoms with van der Waals surface area (Å²) in [6, 6.07) is 9.16. The highest BCUT2D eigenvalue weighted by atomic mass is 32.1. The van der Waals surface area contributed by atoms with Crippen LogP contribution in [0.1, 0.15) is 81.9 Å². The minimum Gasteiger partial charge on any atom is -0.493 e. The van der Waals surface area contributed by atoms with Gasteiger partial charge in [0.1, 0.15) is 5.75 Å². The molecule has 0 amide bonds. The van der Waals surface area contributed by atoms with E-state index >= 15 is 0 Å². The van der Waals surface area contributed by atoms with Crippen LogP contribution in [-0.2, 0) is 6.42 Å². The minimum absolute atomic E-state index is 0.832. The summed E-state index contributed by atoms with van der Waals surface area (Å²) in [6.07, 6.45) is 11.5. The lowest BCUT2D eigenvalue weighted by atomic mass is 9.99. The lowest BCUT2D eigenvalue weighted by Gasteiger charge is -2.09. The average molecular weight is 397 g/mol. The number of rotatable bonds is 11. The lowest BCUT2D eigenvalue weighted by molar-refractivity contribution is 0.303. The Hall–Kier alpha value is -1.54. The van der Waals surface area contributed by atoms with Crippen molar-refractivity contribution in [3.8, 4) is 5.75 Å². The Labute approximate surface area is 175 Å². The molecular weight excluding hydrogens is 360 g/mol. The van der Waals surface area contributed by atoms with Crippen molar-refractivity contribution in [2.75, 3.05) is 6.61 Å². The van der Waals surface area contributed by atoms with Crippen LogP contribution in [0.2, 0.25) is 0 Å². The summed E-state index contributed by atoms with van der Waals surface area (Å²) in [5.41, 5.74) is 4.31. The summed E-state index contributed by atoms with van der Waals surface area (Å²) in [5, 5.41) is 2.80. The first-order valence-corrected chi connectivity index (χ1v) is 12.1. The molecule has 0 aliphatic heterocycles. The zero-order valence-electron chi connectivity index (χ0n) is 18.2. The molecule has 0 bridgehead atoms. The van der Waals surface area contributed by atoms with E-state index < -0.39 is 0 Å². The Morgan fingerprint density at radius 2 is 1.36 bits per heavy atom. The molecule has 0 aliphatic rings. The zero-order chi connectivity index (χ0) is 19.9. The van der Waals surface area contributed by atoms with Crippen molar-refractivity contribution < 1.29 is 4.74 Å². The second kappa shape index (κ2) is 10.3. The van der Waals surface area contributed by atoms with E-state index in [1.165, 1.54) is 88.2 Å². The monoisotopic (exact) mass is 396 g/mol. The number of thiophene rings is 1. The predicted octanol–water partition coefficient (Wildman–Crippen LogP) is 8.75. The van der Waals surface area contributed by atoms with Crippen LogP contribution < -0.4 is 4.74 Å². The van der Waals surface area contributed by atoms with Crippen molar-refractivity contribution in [2.45, 2.75) is 85.5 Å². The van der Waals surface area contributed by atoms with Crippen molar-refractivity contribution in [3.05, 3.63) is 41.0 Å². The number of ether oxygens (including phenoxy) is 1. The molecule has 152 valence electrons. The van der Waals surface area contributed by atoms with Crippen LogP contribution in [0.4, 0.5) is 0 Å². The molecule has 1 nitrogen and oxygen atoms in total. The fourth-order valence-corrected chi connectivity index (χ4v) is 5.39. The molecule has 0 aliphatic carbocycles. The molecule has 0 spiro atoms. The lowest BCUT2D eigenvalue weighted by Crippen LogP contribution is -1.98. The fraction of sp³-hybridized carbons (Fsp3) is 0.538. The molecule has 0 radical (unpaired) electrons. The maximum atomic E-state index is 6.12. The van der Waals surface area contributed by atoms with Gasteiger partial charge in [0.15, 0.2) is 0 Å².